The normalized spacial score (nSPS) is 12.3. The van der Waals surface area contributed by atoms with E-state index in [2.05, 4.69) is 16.1 Å². The van der Waals surface area contributed by atoms with Gasteiger partial charge in [-0.3, -0.25) is 0 Å². The Labute approximate surface area is 123 Å². The average molecular weight is 291 g/mol. The number of benzene rings is 2. The summed E-state index contributed by atoms with van der Waals surface area (Å²) in [7, 11) is 0. The lowest BCUT2D eigenvalue weighted by atomic mass is 10.1. The van der Waals surface area contributed by atoms with E-state index in [4.69, 9.17) is 0 Å². The van der Waals surface area contributed by atoms with Crippen molar-refractivity contribution in [3.8, 4) is 5.75 Å². The molecular weight excluding hydrogens is 272 g/mol. The Hall–Kier alpha value is -2.10. The lowest BCUT2D eigenvalue weighted by Crippen LogP contribution is -2.11. The minimum absolute atomic E-state index is 0.138. The van der Waals surface area contributed by atoms with Gasteiger partial charge >= 0.3 is 6.61 Å². The van der Waals surface area contributed by atoms with Gasteiger partial charge in [0.2, 0.25) is 0 Å². The maximum atomic E-state index is 12.5. The van der Waals surface area contributed by atoms with E-state index in [-0.39, 0.29) is 11.8 Å². The first kappa shape index (κ1) is 15.3. The zero-order valence-electron chi connectivity index (χ0n) is 12.4. The number of aryl methyl sites for hydroxylation is 2. The summed E-state index contributed by atoms with van der Waals surface area (Å²) < 4.78 is 29.5. The number of para-hydroxylation sites is 1. The van der Waals surface area contributed by atoms with Crippen molar-refractivity contribution in [1.82, 2.24) is 0 Å². The summed E-state index contributed by atoms with van der Waals surface area (Å²) in [5, 5.41) is 3.34. The van der Waals surface area contributed by atoms with Crippen molar-refractivity contribution >= 4 is 5.69 Å². The molecule has 2 rings (SSSR count). The molecule has 0 fully saturated rings. The summed E-state index contributed by atoms with van der Waals surface area (Å²) in [5.74, 6) is 0.206. The Bertz CT molecular complexity index is 613. The van der Waals surface area contributed by atoms with Crippen LogP contribution in [0.15, 0.2) is 42.5 Å². The molecule has 2 aromatic rings. The van der Waals surface area contributed by atoms with E-state index in [1.165, 1.54) is 5.56 Å². The van der Waals surface area contributed by atoms with Crippen molar-refractivity contribution in [2.45, 2.75) is 33.4 Å². The average Bonchev–Trinajstić information content (AvgIpc) is 2.42. The van der Waals surface area contributed by atoms with Gasteiger partial charge in [-0.1, -0.05) is 35.9 Å². The van der Waals surface area contributed by atoms with E-state index < -0.39 is 6.61 Å². The Balaban J connectivity index is 2.22. The van der Waals surface area contributed by atoms with E-state index in [1.807, 2.05) is 39.0 Å². The number of anilines is 1. The quantitative estimate of drug-likeness (QED) is 0.829. The molecule has 1 atom stereocenters. The van der Waals surface area contributed by atoms with Gasteiger partial charge in [0.25, 0.3) is 0 Å². The van der Waals surface area contributed by atoms with Crippen LogP contribution >= 0.6 is 0 Å². The second-order valence-corrected chi connectivity index (χ2v) is 5.10. The zero-order chi connectivity index (χ0) is 15.4. The molecule has 1 N–H and O–H groups in total. The molecule has 0 aliphatic heterocycles. The Kier molecular flexibility index (Phi) is 4.78. The van der Waals surface area contributed by atoms with E-state index in [9.17, 15) is 8.78 Å². The summed E-state index contributed by atoms with van der Waals surface area (Å²) >= 11 is 0. The van der Waals surface area contributed by atoms with Crippen LogP contribution in [0.2, 0.25) is 0 Å². The van der Waals surface area contributed by atoms with Gasteiger partial charge in [0.05, 0.1) is 6.04 Å². The highest BCUT2D eigenvalue weighted by atomic mass is 19.3. The Morgan fingerprint density at radius 2 is 1.76 bits per heavy atom. The lowest BCUT2D eigenvalue weighted by Gasteiger charge is -2.20. The van der Waals surface area contributed by atoms with Gasteiger partial charge in [-0.15, -0.1) is 0 Å². The second kappa shape index (κ2) is 6.57. The number of alkyl halides is 2. The highest BCUT2D eigenvalue weighted by Gasteiger charge is 2.14. The van der Waals surface area contributed by atoms with Gasteiger partial charge < -0.3 is 10.1 Å². The molecule has 0 aliphatic rings. The van der Waals surface area contributed by atoms with Crippen LogP contribution in [0.25, 0.3) is 0 Å². The van der Waals surface area contributed by atoms with E-state index in [0.717, 1.165) is 11.3 Å². The first-order valence-corrected chi connectivity index (χ1v) is 6.85. The largest absolute Gasteiger partial charge is 0.434 e. The highest BCUT2D eigenvalue weighted by Crippen LogP contribution is 2.29. The Morgan fingerprint density at radius 1 is 1.05 bits per heavy atom. The molecule has 0 bridgehead atoms. The SMILES string of the molecule is Cc1ccc(NC(C)c2ccccc2OC(F)F)c(C)c1. The molecular formula is C17H19F2NO. The monoisotopic (exact) mass is 291 g/mol. The molecule has 2 nitrogen and oxygen atoms in total. The molecule has 0 saturated carbocycles. The summed E-state index contributed by atoms with van der Waals surface area (Å²) in [6.45, 7) is 3.15. The number of ether oxygens (including phenoxy) is 1. The predicted octanol–water partition coefficient (Wildman–Crippen LogP) is 5.08. The van der Waals surface area contributed by atoms with Gasteiger partial charge in [0.1, 0.15) is 5.75 Å². The van der Waals surface area contributed by atoms with E-state index in [1.54, 1.807) is 18.2 Å². The number of hydrogen-bond donors (Lipinski definition) is 1. The van der Waals surface area contributed by atoms with Crippen molar-refractivity contribution in [3.63, 3.8) is 0 Å². The maximum Gasteiger partial charge on any atom is 0.387 e. The topological polar surface area (TPSA) is 21.3 Å². The van der Waals surface area contributed by atoms with Crippen LogP contribution in [-0.4, -0.2) is 6.61 Å². The van der Waals surface area contributed by atoms with Crippen LogP contribution in [0.3, 0.4) is 0 Å². The zero-order valence-corrected chi connectivity index (χ0v) is 12.4. The molecule has 1 unspecified atom stereocenters. The number of rotatable bonds is 5. The Morgan fingerprint density at radius 3 is 2.43 bits per heavy atom. The molecule has 0 aliphatic carbocycles. The number of hydrogen-bond acceptors (Lipinski definition) is 2. The van der Waals surface area contributed by atoms with Crippen LogP contribution in [0.4, 0.5) is 14.5 Å². The van der Waals surface area contributed by atoms with Crippen molar-refractivity contribution < 1.29 is 13.5 Å². The van der Waals surface area contributed by atoms with Crippen molar-refractivity contribution in [3.05, 3.63) is 59.2 Å². The highest BCUT2D eigenvalue weighted by molar-refractivity contribution is 5.54. The maximum absolute atomic E-state index is 12.5. The summed E-state index contributed by atoms with van der Waals surface area (Å²) in [6.07, 6.45) is 0. The fraction of sp³-hybridized carbons (Fsp3) is 0.294. The van der Waals surface area contributed by atoms with E-state index >= 15 is 0 Å². The van der Waals surface area contributed by atoms with Crippen LogP contribution < -0.4 is 10.1 Å². The standard InChI is InChI=1S/C17H19F2NO/c1-11-8-9-15(12(2)10-11)20-13(3)14-6-4-5-7-16(14)21-17(18)19/h4-10,13,17,20H,1-3H3. The molecule has 0 aromatic heterocycles. The molecule has 0 amide bonds. The fourth-order valence-corrected chi connectivity index (χ4v) is 2.33. The molecule has 21 heavy (non-hydrogen) atoms. The smallest absolute Gasteiger partial charge is 0.387 e. The van der Waals surface area contributed by atoms with Crippen LogP contribution in [0.5, 0.6) is 5.75 Å². The summed E-state index contributed by atoms with van der Waals surface area (Å²) in [5.41, 5.74) is 4.00. The number of nitrogens with one attached hydrogen (secondary N) is 1. The molecule has 0 radical (unpaired) electrons. The van der Waals surface area contributed by atoms with Gasteiger partial charge in [0, 0.05) is 11.3 Å². The van der Waals surface area contributed by atoms with Crippen LogP contribution in [-0.2, 0) is 0 Å². The van der Waals surface area contributed by atoms with E-state index in [0.29, 0.717) is 5.56 Å². The lowest BCUT2D eigenvalue weighted by molar-refractivity contribution is -0.0505. The first-order valence-electron chi connectivity index (χ1n) is 6.85. The minimum atomic E-state index is -2.82. The number of halogens is 2. The van der Waals surface area contributed by atoms with Crippen LogP contribution in [0.1, 0.15) is 29.7 Å². The minimum Gasteiger partial charge on any atom is -0.434 e. The van der Waals surface area contributed by atoms with Crippen molar-refractivity contribution in [2.75, 3.05) is 5.32 Å². The molecule has 112 valence electrons. The fourth-order valence-electron chi connectivity index (χ4n) is 2.33. The molecule has 4 heteroatoms. The molecule has 0 spiro atoms. The third-order valence-electron chi connectivity index (χ3n) is 3.36. The predicted molar refractivity (Wildman–Crippen MR) is 81.0 cm³/mol. The van der Waals surface area contributed by atoms with Crippen LogP contribution in [0, 0.1) is 13.8 Å². The van der Waals surface area contributed by atoms with Gasteiger partial charge in [0.15, 0.2) is 0 Å². The molecule has 0 saturated heterocycles. The third-order valence-corrected chi connectivity index (χ3v) is 3.36. The summed E-state index contributed by atoms with van der Waals surface area (Å²) in [4.78, 5) is 0. The van der Waals surface area contributed by atoms with Gasteiger partial charge in [-0.05, 0) is 38.5 Å². The summed E-state index contributed by atoms with van der Waals surface area (Å²) in [6, 6.07) is 12.8. The first-order chi connectivity index (χ1) is 9.97. The van der Waals surface area contributed by atoms with Crippen molar-refractivity contribution in [2.24, 2.45) is 0 Å². The second-order valence-electron chi connectivity index (χ2n) is 5.10. The van der Waals surface area contributed by atoms with Gasteiger partial charge in [-0.25, -0.2) is 0 Å². The van der Waals surface area contributed by atoms with Gasteiger partial charge in [-0.2, -0.15) is 8.78 Å². The third kappa shape index (κ3) is 3.94. The molecule has 0 heterocycles. The molecule has 2 aromatic carbocycles. The van der Waals surface area contributed by atoms with Crippen molar-refractivity contribution in [1.29, 1.82) is 0 Å².